The van der Waals surface area contributed by atoms with Crippen LogP contribution in [0.15, 0.2) is 18.2 Å². The highest BCUT2D eigenvalue weighted by atomic mass is 16.5. The highest BCUT2D eigenvalue weighted by Crippen LogP contribution is 2.48. The summed E-state index contributed by atoms with van der Waals surface area (Å²) in [5.74, 6) is -0.344. The molecule has 0 bridgehead atoms. The fourth-order valence-corrected chi connectivity index (χ4v) is 5.87. The standard InChI is InChI=1S/C29H43N3O2/c1-7-21-17-24-25(29(5,6)10-9-28(24,3)4)18-23(21)26-19-22(27(30)33)20(2)32(26)12-8-11-31-13-15-34-16-14-31/h17-19H,7-16H2,1-6H3,(H2,30,33). The van der Waals surface area contributed by atoms with Crippen molar-refractivity contribution in [1.29, 1.82) is 0 Å². The van der Waals surface area contributed by atoms with Crippen LogP contribution < -0.4 is 5.73 Å². The van der Waals surface area contributed by atoms with E-state index in [4.69, 9.17) is 10.5 Å². The van der Waals surface area contributed by atoms with E-state index in [-0.39, 0.29) is 16.7 Å². The van der Waals surface area contributed by atoms with Gasteiger partial charge in [-0.05, 0) is 72.3 Å². The molecule has 1 amide bonds. The molecule has 1 fully saturated rings. The zero-order valence-electron chi connectivity index (χ0n) is 22.1. The number of carbonyl (C=O) groups is 1. The molecular formula is C29H43N3O2. The summed E-state index contributed by atoms with van der Waals surface area (Å²) in [4.78, 5) is 14.8. The van der Waals surface area contributed by atoms with Crippen molar-refractivity contribution in [2.45, 2.75) is 84.6 Å². The van der Waals surface area contributed by atoms with Gasteiger partial charge in [0.2, 0.25) is 0 Å². The van der Waals surface area contributed by atoms with E-state index in [1.807, 2.05) is 13.0 Å². The minimum Gasteiger partial charge on any atom is -0.379 e. The smallest absolute Gasteiger partial charge is 0.250 e. The number of amides is 1. The third-order valence-corrected chi connectivity index (χ3v) is 8.33. The van der Waals surface area contributed by atoms with Crippen LogP contribution in [0, 0.1) is 6.92 Å². The zero-order chi connectivity index (χ0) is 24.7. The van der Waals surface area contributed by atoms with E-state index in [0.717, 1.165) is 63.6 Å². The van der Waals surface area contributed by atoms with Gasteiger partial charge in [0.05, 0.1) is 18.8 Å². The summed E-state index contributed by atoms with van der Waals surface area (Å²) in [6, 6.07) is 6.93. The van der Waals surface area contributed by atoms with Crippen molar-refractivity contribution in [2.24, 2.45) is 5.73 Å². The maximum Gasteiger partial charge on any atom is 0.250 e. The monoisotopic (exact) mass is 465 g/mol. The Morgan fingerprint density at radius 1 is 1.00 bits per heavy atom. The lowest BCUT2D eigenvalue weighted by molar-refractivity contribution is 0.0369. The Bertz CT molecular complexity index is 1060. The lowest BCUT2D eigenvalue weighted by Crippen LogP contribution is -2.37. The summed E-state index contributed by atoms with van der Waals surface area (Å²) in [7, 11) is 0. The van der Waals surface area contributed by atoms with Gasteiger partial charge in [-0.3, -0.25) is 9.69 Å². The molecule has 2 aliphatic rings. The molecular weight excluding hydrogens is 422 g/mol. The second-order valence-corrected chi connectivity index (χ2v) is 11.5. The van der Waals surface area contributed by atoms with Gasteiger partial charge in [-0.2, -0.15) is 0 Å². The first-order valence-electron chi connectivity index (χ1n) is 13.0. The first-order valence-corrected chi connectivity index (χ1v) is 13.0. The lowest BCUT2D eigenvalue weighted by Gasteiger charge is -2.42. The fourth-order valence-electron chi connectivity index (χ4n) is 5.87. The fraction of sp³-hybridized carbons (Fsp3) is 0.621. The molecule has 5 heteroatoms. The summed E-state index contributed by atoms with van der Waals surface area (Å²) >= 11 is 0. The summed E-state index contributed by atoms with van der Waals surface area (Å²) in [5.41, 5.74) is 14.4. The van der Waals surface area contributed by atoms with Gasteiger partial charge in [0.25, 0.3) is 5.91 Å². The molecule has 0 saturated carbocycles. The van der Waals surface area contributed by atoms with E-state index >= 15 is 0 Å². The van der Waals surface area contributed by atoms with Crippen LogP contribution in [-0.2, 0) is 28.5 Å². The molecule has 1 aromatic heterocycles. The number of carbonyl (C=O) groups excluding carboxylic acids is 1. The Hall–Kier alpha value is -2.11. The van der Waals surface area contributed by atoms with E-state index in [0.29, 0.717) is 5.56 Å². The van der Waals surface area contributed by atoms with Gasteiger partial charge >= 0.3 is 0 Å². The van der Waals surface area contributed by atoms with Crippen molar-refractivity contribution in [1.82, 2.24) is 9.47 Å². The molecule has 0 radical (unpaired) electrons. The predicted molar refractivity (Wildman–Crippen MR) is 140 cm³/mol. The highest BCUT2D eigenvalue weighted by molar-refractivity contribution is 5.96. The molecule has 5 nitrogen and oxygen atoms in total. The molecule has 186 valence electrons. The number of hydrogen-bond donors (Lipinski definition) is 1. The molecule has 1 saturated heterocycles. The van der Waals surface area contributed by atoms with Crippen LogP contribution in [0.5, 0.6) is 0 Å². The number of ether oxygens (including phenoxy) is 1. The van der Waals surface area contributed by atoms with Crippen LogP contribution in [0.2, 0.25) is 0 Å². The van der Waals surface area contributed by atoms with Crippen LogP contribution >= 0.6 is 0 Å². The molecule has 0 spiro atoms. The first-order chi connectivity index (χ1) is 16.0. The van der Waals surface area contributed by atoms with E-state index in [2.05, 4.69) is 56.2 Å². The number of nitrogens with zero attached hydrogens (tertiary/aromatic N) is 2. The Labute approximate surface area is 205 Å². The molecule has 2 aromatic rings. The maximum absolute atomic E-state index is 12.3. The van der Waals surface area contributed by atoms with E-state index < -0.39 is 0 Å². The Kier molecular flexibility index (Phi) is 6.99. The van der Waals surface area contributed by atoms with Crippen LogP contribution in [-0.4, -0.2) is 48.2 Å². The number of benzene rings is 1. The number of rotatable bonds is 7. The number of morpholine rings is 1. The van der Waals surface area contributed by atoms with Crippen molar-refractivity contribution in [3.8, 4) is 11.3 Å². The van der Waals surface area contributed by atoms with Gasteiger partial charge in [-0.15, -0.1) is 0 Å². The molecule has 1 aromatic carbocycles. The Balaban J connectivity index is 1.77. The predicted octanol–water partition coefficient (Wildman–Crippen LogP) is 5.20. The number of hydrogen-bond acceptors (Lipinski definition) is 3. The van der Waals surface area contributed by atoms with E-state index in [1.165, 1.54) is 35.1 Å². The second kappa shape index (κ2) is 9.50. The minimum absolute atomic E-state index is 0.140. The van der Waals surface area contributed by atoms with Crippen molar-refractivity contribution in [3.63, 3.8) is 0 Å². The first kappa shape index (κ1) is 25.0. The average molecular weight is 466 g/mol. The number of aromatic nitrogens is 1. The second-order valence-electron chi connectivity index (χ2n) is 11.5. The molecule has 1 aliphatic carbocycles. The molecule has 2 heterocycles. The van der Waals surface area contributed by atoms with Gasteiger partial charge < -0.3 is 15.0 Å². The van der Waals surface area contributed by atoms with Crippen LogP contribution in [0.3, 0.4) is 0 Å². The molecule has 4 rings (SSSR count). The average Bonchev–Trinajstić information content (AvgIpc) is 3.13. The van der Waals surface area contributed by atoms with Gasteiger partial charge in [0, 0.05) is 43.1 Å². The highest BCUT2D eigenvalue weighted by Gasteiger charge is 2.38. The third-order valence-electron chi connectivity index (χ3n) is 8.33. The number of fused-ring (bicyclic) bond motifs is 1. The van der Waals surface area contributed by atoms with Crippen LogP contribution in [0.25, 0.3) is 11.3 Å². The van der Waals surface area contributed by atoms with E-state index in [1.54, 1.807) is 0 Å². The van der Waals surface area contributed by atoms with Crippen molar-refractivity contribution >= 4 is 5.91 Å². The van der Waals surface area contributed by atoms with E-state index in [9.17, 15) is 4.79 Å². The van der Waals surface area contributed by atoms with Crippen molar-refractivity contribution in [3.05, 3.63) is 46.1 Å². The summed E-state index contributed by atoms with van der Waals surface area (Å²) in [5, 5.41) is 0. The van der Waals surface area contributed by atoms with Gasteiger partial charge in [0.15, 0.2) is 0 Å². The maximum atomic E-state index is 12.3. The number of nitrogens with two attached hydrogens (primary N) is 1. The summed E-state index contributed by atoms with van der Waals surface area (Å²) < 4.78 is 7.83. The molecule has 34 heavy (non-hydrogen) atoms. The number of primary amides is 1. The molecule has 1 aliphatic heterocycles. The molecule has 2 N–H and O–H groups in total. The van der Waals surface area contributed by atoms with Gasteiger partial charge in [-0.25, -0.2) is 0 Å². The number of aryl methyl sites for hydroxylation is 1. The van der Waals surface area contributed by atoms with Gasteiger partial charge in [-0.1, -0.05) is 40.7 Å². The minimum atomic E-state index is -0.344. The Morgan fingerprint density at radius 3 is 2.21 bits per heavy atom. The van der Waals surface area contributed by atoms with Crippen LogP contribution in [0.4, 0.5) is 0 Å². The van der Waals surface area contributed by atoms with Crippen LogP contribution in [0.1, 0.15) is 86.6 Å². The molecule has 0 atom stereocenters. The summed E-state index contributed by atoms with van der Waals surface area (Å²) in [6.07, 6.45) is 4.39. The van der Waals surface area contributed by atoms with Gasteiger partial charge in [0.1, 0.15) is 0 Å². The third kappa shape index (κ3) is 4.70. The largest absolute Gasteiger partial charge is 0.379 e. The molecule has 0 unspecified atom stereocenters. The van der Waals surface area contributed by atoms with Crippen molar-refractivity contribution < 1.29 is 9.53 Å². The normalized spacial score (nSPS) is 19.7. The zero-order valence-corrected chi connectivity index (χ0v) is 22.1. The topological polar surface area (TPSA) is 60.5 Å². The van der Waals surface area contributed by atoms with Crippen molar-refractivity contribution in [2.75, 3.05) is 32.8 Å². The SMILES string of the molecule is CCc1cc2c(cc1-c1cc(C(N)=O)c(C)n1CCCN1CCOCC1)C(C)(C)CCC2(C)C. The summed E-state index contributed by atoms with van der Waals surface area (Å²) in [6.45, 7) is 19.3. The quantitative estimate of drug-likeness (QED) is 0.612. The Morgan fingerprint density at radius 2 is 1.62 bits per heavy atom. The lowest BCUT2D eigenvalue weighted by atomic mass is 9.62.